The van der Waals surface area contributed by atoms with Crippen molar-refractivity contribution in [2.45, 2.75) is 12.1 Å². The van der Waals surface area contributed by atoms with Crippen LogP contribution >= 0.6 is 11.8 Å². The highest BCUT2D eigenvalue weighted by Crippen LogP contribution is 2.30. The summed E-state index contributed by atoms with van der Waals surface area (Å²) in [6.45, 7) is 1.92. The fraction of sp³-hybridized carbons (Fsp3) is 0.154. The van der Waals surface area contributed by atoms with E-state index >= 15 is 0 Å². The molecule has 0 aliphatic rings. The largest absolute Gasteiger partial charge is 0.511 e. The molecule has 1 aromatic heterocycles. The molecule has 0 fully saturated rings. The number of anilines is 3. The summed E-state index contributed by atoms with van der Waals surface area (Å²) < 4.78 is 4.67. The van der Waals surface area contributed by atoms with Crippen LogP contribution in [0.5, 0.6) is 5.75 Å². The number of nitrogens with zero attached hydrogens (tertiary/aromatic N) is 2. The van der Waals surface area contributed by atoms with Crippen LogP contribution in [-0.2, 0) is 0 Å². The standard InChI is InChI=1S/C13H14N4O3S/c1-7-3-4-8(14)9(5-7)16-11-10(20-13(18)19)6-15-12(17-11)21-2/h3-6H,14H2,1-2H3,(H,18,19)(H,15,16,17). The molecule has 0 saturated carbocycles. The van der Waals surface area contributed by atoms with Crippen LogP contribution < -0.4 is 15.8 Å². The molecule has 0 radical (unpaired) electrons. The number of aryl methyl sites for hydroxylation is 1. The van der Waals surface area contributed by atoms with Crippen LogP contribution in [-0.4, -0.2) is 27.5 Å². The lowest BCUT2D eigenvalue weighted by Gasteiger charge is -2.12. The van der Waals surface area contributed by atoms with Crippen molar-refractivity contribution in [3.8, 4) is 5.75 Å². The van der Waals surface area contributed by atoms with Crippen molar-refractivity contribution in [3.05, 3.63) is 30.0 Å². The van der Waals surface area contributed by atoms with E-state index in [-0.39, 0.29) is 11.6 Å². The number of thioether (sulfide) groups is 1. The van der Waals surface area contributed by atoms with E-state index in [1.165, 1.54) is 18.0 Å². The van der Waals surface area contributed by atoms with Crippen molar-refractivity contribution in [3.63, 3.8) is 0 Å². The van der Waals surface area contributed by atoms with E-state index in [1.54, 1.807) is 6.07 Å². The first-order valence-corrected chi connectivity index (χ1v) is 7.17. The van der Waals surface area contributed by atoms with Crippen molar-refractivity contribution in [2.24, 2.45) is 0 Å². The van der Waals surface area contributed by atoms with Crippen LogP contribution in [0, 0.1) is 6.92 Å². The summed E-state index contributed by atoms with van der Waals surface area (Å²) in [5, 5.41) is 12.2. The van der Waals surface area contributed by atoms with Crippen molar-refractivity contribution in [1.82, 2.24) is 9.97 Å². The van der Waals surface area contributed by atoms with Gasteiger partial charge in [0.2, 0.25) is 0 Å². The Morgan fingerprint density at radius 1 is 1.48 bits per heavy atom. The summed E-state index contributed by atoms with van der Waals surface area (Å²) in [4.78, 5) is 18.9. The first kappa shape index (κ1) is 14.9. The van der Waals surface area contributed by atoms with Crippen LogP contribution in [0.3, 0.4) is 0 Å². The third-order valence-corrected chi connectivity index (χ3v) is 3.14. The number of hydrogen-bond donors (Lipinski definition) is 3. The van der Waals surface area contributed by atoms with Crippen LogP contribution in [0.25, 0.3) is 0 Å². The maximum absolute atomic E-state index is 10.7. The van der Waals surface area contributed by atoms with Gasteiger partial charge >= 0.3 is 6.16 Å². The number of carbonyl (C=O) groups is 1. The summed E-state index contributed by atoms with van der Waals surface area (Å²) in [6.07, 6.45) is 1.69. The van der Waals surface area contributed by atoms with Crippen LogP contribution in [0.4, 0.5) is 22.0 Å². The number of rotatable bonds is 4. The summed E-state index contributed by atoms with van der Waals surface area (Å²) in [6, 6.07) is 5.47. The van der Waals surface area contributed by atoms with Gasteiger partial charge in [-0.25, -0.2) is 14.8 Å². The number of nitrogen functional groups attached to an aromatic ring is 1. The van der Waals surface area contributed by atoms with Gasteiger partial charge in [-0.15, -0.1) is 0 Å². The molecule has 110 valence electrons. The summed E-state index contributed by atoms with van der Waals surface area (Å²) in [5.74, 6) is 0.259. The number of ether oxygens (including phenoxy) is 1. The fourth-order valence-corrected chi connectivity index (χ4v) is 1.96. The lowest BCUT2D eigenvalue weighted by atomic mass is 10.2. The molecule has 2 rings (SSSR count). The lowest BCUT2D eigenvalue weighted by molar-refractivity contribution is 0.144. The van der Waals surface area contributed by atoms with E-state index in [9.17, 15) is 4.79 Å². The Bertz CT molecular complexity index is 678. The van der Waals surface area contributed by atoms with Gasteiger partial charge in [0.15, 0.2) is 16.7 Å². The Kier molecular flexibility index (Phi) is 4.49. The predicted molar refractivity (Wildman–Crippen MR) is 81.3 cm³/mol. The van der Waals surface area contributed by atoms with Crippen LogP contribution in [0.1, 0.15) is 5.56 Å². The molecular formula is C13H14N4O3S. The van der Waals surface area contributed by atoms with Gasteiger partial charge in [-0.3, -0.25) is 0 Å². The van der Waals surface area contributed by atoms with Crippen molar-refractivity contribution in [1.29, 1.82) is 0 Å². The van der Waals surface area contributed by atoms with Crippen molar-refractivity contribution in [2.75, 3.05) is 17.3 Å². The second-order valence-electron chi connectivity index (χ2n) is 4.15. The van der Waals surface area contributed by atoms with Crippen LogP contribution in [0.15, 0.2) is 29.6 Å². The third-order valence-electron chi connectivity index (χ3n) is 2.57. The fourth-order valence-electron chi connectivity index (χ4n) is 1.62. The van der Waals surface area contributed by atoms with Gasteiger partial charge in [-0.2, -0.15) is 0 Å². The zero-order chi connectivity index (χ0) is 15.4. The summed E-state index contributed by atoms with van der Waals surface area (Å²) in [7, 11) is 0. The molecule has 0 aliphatic carbocycles. The van der Waals surface area contributed by atoms with Gasteiger partial charge in [-0.1, -0.05) is 17.8 Å². The number of carboxylic acid groups (broad SMARTS) is 1. The first-order chi connectivity index (χ1) is 9.99. The second kappa shape index (κ2) is 6.31. The van der Waals surface area contributed by atoms with Gasteiger partial charge in [0.25, 0.3) is 0 Å². The van der Waals surface area contributed by atoms with Crippen LogP contribution in [0.2, 0.25) is 0 Å². The lowest BCUT2D eigenvalue weighted by Crippen LogP contribution is -2.08. The second-order valence-corrected chi connectivity index (χ2v) is 4.93. The molecule has 0 saturated heterocycles. The Morgan fingerprint density at radius 2 is 2.24 bits per heavy atom. The van der Waals surface area contributed by atoms with E-state index in [0.29, 0.717) is 16.5 Å². The zero-order valence-corrected chi connectivity index (χ0v) is 12.3. The molecular weight excluding hydrogens is 292 g/mol. The minimum atomic E-state index is -1.43. The summed E-state index contributed by atoms with van der Waals surface area (Å²) in [5.41, 5.74) is 8.04. The topological polar surface area (TPSA) is 110 Å². The van der Waals surface area contributed by atoms with E-state index in [2.05, 4.69) is 20.0 Å². The Morgan fingerprint density at radius 3 is 2.90 bits per heavy atom. The molecule has 1 aromatic carbocycles. The van der Waals surface area contributed by atoms with Gasteiger partial charge in [0, 0.05) is 0 Å². The predicted octanol–water partition coefficient (Wildman–Crippen LogP) is 2.89. The van der Waals surface area contributed by atoms with Crippen molar-refractivity contribution >= 4 is 35.1 Å². The van der Waals surface area contributed by atoms with Crippen molar-refractivity contribution < 1.29 is 14.6 Å². The van der Waals surface area contributed by atoms with E-state index < -0.39 is 6.16 Å². The molecule has 0 unspecified atom stereocenters. The smallest absolute Gasteiger partial charge is 0.449 e. The number of nitrogens with two attached hydrogens (primary N) is 1. The Labute approximate surface area is 125 Å². The molecule has 7 nitrogen and oxygen atoms in total. The molecule has 0 amide bonds. The molecule has 4 N–H and O–H groups in total. The molecule has 21 heavy (non-hydrogen) atoms. The highest BCUT2D eigenvalue weighted by atomic mass is 32.2. The monoisotopic (exact) mass is 306 g/mol. The molecule has 0 bridgehead atoms. The molecule has 1 heterocycles. The molecule has 0 atom stereocenters. The maximum atomic E-state index is 10.7. The third kappa shape index (κ3) is 3.76. The first-order valence-electron chi connectivity index (χ1n) is 5.94. The van der Waals surface area contributed by atoms with E-state index in [1.807, 2.05) is 25.3 Å². The Balaban J connectivity index is 2.40. The molecule has 8 heteroatoms. The molecule has 2 aromatic rings. The van der Waals surface area contributed by atoms with E-state index in [0.717, 1.165) is 5.56 Å². The number of benzene rings is 1. The van der Waals surface area contributed by atoms with Gasteiger partial charge < -0.3 is 20.9 Å². The molecule has 0 spiro atoms. The van der Waals surface area contributed by atoms with Gasteiger partial charge in [0.05, 0.1) is 17.6 Å². The summed E-state index contributed by atoms with van der Waals surface area (Å²) >= 11 is 1.33. The number of nitrogens with one attached hydrogen (secondary N) is 1. The van der Waals surface area contributed by atoms with E-state index in [4.69, 9.17) is 10.8 Å². The molecule has 0 aliphatic heterocycles. The maximum Gasteiger partial charge on any atom is 0.511 e. The Hall–Kier alpha value is -2.48. The number of hydrogen-bond acceptors (Lipinski definition) is 7. The SMILES string of the molecule is CSc1ncc(OC(=O)O)c(Nc2cc(C)ccc2N)n1. The zero-order valence-electron chi connectivity index (χ0n) is 11.5. The van der Waals surface area contributed by atoms with Gasteiger partial charge in [-0.05, 0) is 30.9 Å². The number of aromatic nitrogens is 2. The minimum Gasteiger partial charge on any atom is -0.449 e. The quantitative estimate of drug-likeness (QED) is 0.342. The average molecular weight is 306 g/mol. The van der Waals surface area contributed by atoms with Gasteiger partial charge in [0.1, 0.15) is 0 Å². The average Bonchev–Trinajstić information content (AvgIpc) is 2.44. The normalized spacial score (nSPS) is 10.2. The minimum absolute atomic E-state index is 0.0150. The highest BCUT2D eigenvalue weighted by Gasteiger charge is 2.13. The highest BCUT2D eigenvalue weighted by molar-refractivity contribution is 7.98.